The van der Waals surface area contributed by atoms with Gasteiger partial charge in [0.2, 0.25) is 10.0 Å². The number of hydrogen-bond acceptors (Lipinski definition) is 5. The summed E-state index contributed by atoms with van der Waals surface area (Å²) in [6.45, 7) is 4.72. The topological polar surface area (TPSA) is 97.2 Å². The molecule has 9 heteroatoms. The molecule has 0 radical (unpaired) electrons. The van der Waals surface area contributed by atoms with E-state index in [1.54, 1.807) is 36.0 Å². The number of amides is 1. The van der Waals surface area contributed by atoms with Crippen molar-refractivity contribution in [2.24, 2.45) is 7.05 Å². The molecule has 2 aromatic heterocycles. The summed E-state index contributed by atoms with van der Waals surface area (Å²) in [6, 6.07) is 8.11. The Hall–Kier alpha value is -2.78. The number of rotatable bonds is 4. The molecule has 3 aromatic rings. The molecule has 0 bridgehead atoms. The summed E-state index contributed by atoms with van der Waals surface area (Å²) in [5.74, 6) is -0.327. The molecule has 0 saturated carbocycles. The summed E-state index contributed by atoms with van der Waals surface area (Å²) in [4.78, 5) is 17.7. The monoisotopic (exact) mass is 413 g/mol. The molecular weight excluding hydrogens is 390 g/mol. The van der Waals surface area contributed by atoms with Gasteiger partial charge in [-0.1, -0.05) is 6.07 Å². The average molecular weight is 414 g/mol. The van der Waals surface area contributed by atoms with E-state index < -0.39 is 10.0 Å². The molecule has 1 saturated heterocycles. The van der Waals surface area contributed by atoms with E-state index in [1.807, 2.05) is 13.8 Å². The molecule has 3 heterocycles. The molecule has 8 nitrogen and oxygen atoms in total. The number of nitrogens with zero attached hydrogens (tertiary/aromatic N) is 4. The van der Waals surface area contributed by atoms with Crippen molar-refractivity contribution in [3.63, 3.8) is 0 Å². The highest BCUT2D eigenvalue weighted by Crippen LogP contribution is 2.25. The largest absolute Gasteiger partial charge is 0.322 e. The van der Waals surface area contributed by atoms with Gasteiger partial charge in [0.1, 0.15) is 0 Å². The fraction of sp³-hybridized carbons (Fsp3) is 0.350. The molecule has 0 atom stereocenters. The van der Waals surface area contributed by atoms with Gasteiger partial charge in [0.05, 0.1) is 21.5 Å². The zero-order chi connectivity index (χ0) is 20.8. The van der Waals surface area contributed by atoms with Crippen LogP contribution in [0.1, 0.15) is 34.6 Å². The first-order valence-corrected chi connectivity index (χ1v) is 10.9. The van der Waals surface area contributed by atoms with Crippen molar-refractivity contribution in [1.82, 2.24) is 19.1 Å². The van der Waals surface area contributed by atoms with Gasteiger partial charge in [0, 0.05) is 31.5 Å². The van der Waals surface area contributed by atoms with E-state index in [0.29, 0.717) is 46.8 Å². The van der Waals surface area contributed by atoms with Gasteiger partial charge < -0.3 is 5.32 Å². The number of aromatic nitrogens is 3. The van der Waals surface area contributed by atoms with Crippen molar-refractivity contribution < 1.29 is 13.2 Å². The Balaban J connectivity index is 1.67. The summed E-state index contributed by atoms with van der Waals surface area (Å²) in [7, 11) is -1.76. The normalized spacial score (nSPS) is 15.1. The van der Waals surface area contributed by atoms with Crippen molar-refractivity contribution in [2.75, 3.05) is 18.4 Å². The third-order valence-electron chi connectivity index (χ3n) is 5.14. The standard InChI is InChI=1S/C20H23N5O3S/c1-13-11-17(18-14(2)23-24(3)19(18)21-13)20(26)22-15-7-6-8-16(12-15)29(27,28)25-9-4-5-10-25/h6-8,11-12H,4-5,9-10H2,1-3H3,(H,22,26). The highest BCUT2D eigenvalue weighted by atomic mass is 32.2. The van der Waals surface area contributed by atoms with Crippen molar-refractivity contribution in [2.45, 2.75) is 31.6 Å². The van der Waals surface area contributed by atoms with Gasteiger partial charge in [-0.3, -0.25) is 9.48 Å². The minimum Gasteiger partial charge on any atom is -0.322 e. The second-order valence-corrected chi connectivity index (χ2v) is 9.25. The first-order chi connectivity index (χ1) is 13.8. The minimum atomic E-state index is -3.55. The third-order valence-corrected chi connectivity index (χ3v) is 7.03. The second-order valence-electron chi connectivity index (χ2n) is 7.31. The average Bonchev–Trinajstić information content (AvgIpc) is 3.31. The number of hydrogen-bond donors (Lipinski definition) is 1. The Morgan fingerprint density at radius 3 is 2.59 bits per heavy atom. The van der Waals surface area contributed by atoms with E-state index in [-0.39, 0.29) is 10.8 Å². The quantitative estimate of drug-likeness (QED) is 0.709. The van der Waals surface area contributed by atoms with E-state index in [2.05, 4.69) is 15.4 Å². The minimum absolute atomic E-state index is 0.186. The second kappa shape index (κ2) is 7.23. The molecule has 0 unspecified atom stereocenters. The van der Waals surface area contributed by atoms with E-state index in [0.717, 1.165) is 12.8 Å². The smallest absolute Gasteiger partial charge is 0.256 e. The molecule has 1 N–H and O–H groups in total. The maximum absolute atomic E-state index is 13.0. The van der Waals surface area contributed by atoms with Crippen LogP contribution in [0.15, 0.2) is 35.2 Å². The summed E-state index contributed by atoms with van der Waals surface area (Å²) in [6.07, 6.45) is 1.75. The van der Waals surface area contributed by atoms with Crippen LogP contribution in [-0.4, -0.2) is 46.5 Å². The third kappa shape index (κ3) is 3.51. The summed E-state index contributed by atoms with van der Waals surface area (Å²) < 4.78 is 28.7. The zero-order valence-corrected chi connectivity index (χ0v) is 17.5. The number of carbonyl (C=O) groups excluding carboxylic acids is 1. The van der Waals surface area contributed by atoms with Crippen LogP contribution in [0, 0.1) is 13.8 Å². The molecule has 1 aliphatic heterocycles. The first kappa shape index (κ1) is 19.5. The molecule has 152 valence electrons. The predicted molar refractivity (Wildman–Crippen MR) is 110 cm³/mol. The van der Waals surface area contributed by atoms with E-state index in [4.69, 9.17) is 0 Å². The van der Waals surface area contributed by atoms with Crippen molar-refractivity contribution in [1.29, 1.82) is 0 Å². The fourth-order valence-corrected chi connectivity index (χ4v) is 5.32. The van der Waals surface area contributed by atoms with Crippen molar-refractivity contribution in [3.05, 3.63) is 47.3 Å². The Morgan fingerprint density at radius 1 is 1.14 bits per heavy atom. The Morgan fingerprint density at radius 2 is 1.86 bits per heavy atom. The van der Waals surface area contributed by atoms with Crippen LogP contribution < -0.4 is 5.32 Å². The van der Waals surface area contributed by atoms with Gasteiger partial charge in [-0.25, -0.2) is 13.4 Å². The lowest BCUT2D eigenvalue weighted by Crippen LogP contribution is -2.27. The summed E-state index contributed by atoms with van der Waals surface area (Å²) in [5.41, 5.74) is 2.95. The number of sulfonamides is 1. The van der Waals surface area contributed by atoms with Gasteiger partial charge in [0.25, 0.3) is 5.91 Å². The fourth-order valence-electron chi connectivity index (χ4n) is 3.76. The molecular formula is C20H23N5O3S. The lowest BCUT2D eigenvalue weighted by atomic mass is 10.1. The van der Waals surface area contributed by atoms with Crippen LogP contribution in [0.2, 0.25) is 0 Å². The van der Waals surface area contributed by atoms with Crippen LogP contribution in [0.5, 0.6) is 0 Å². The van der Waals surface area contributed by atoms with Crippen LogP contribution in [0.3, 0.4) is 0 Å². The molecule has 0 aliphatic carbocycles. The van der Waals surface area contributed by atoms with Gasteiger partial charge in [-0.05, 0) is 51.0 Å². The number of fused-ring (bicyclic) bond motifs is 1. The van der Waals surface area contributed by atoms with Crippen molar-refractivity contribution in [3.8, 4) is 0 Å². The molecule has 0 spiro atoms. The van der Waals surface area contributed by atoms with Crippen LogP contribution in [0.25, 0.3) is 11.0 Å². The number of anilines is 1. The summed E-state index contributed by atoms with van der Waals surface area (Å²) >= 11 is 0. The van der Waals surface area contributed by atoms with Gasteiger partial charge in [-0.15, -0.1) is 0 Å². The Kier molecular flexibility index (Phi) is 4.87. The summed E-state index contributed by atoms with van der Waals surface area (Å²) in [5, 5.41) is 7.88. The molecule has 4 rings (SSSR count). The molecule has 1 fully saturated rings. The van der Waals surface area contributed by atoms with Gasteiger partial charge in [-0.2, -0.15) is 9.40 Å². The van der Waals surface area contributed by atoms with E-state index >= 15 is 0 Å². The SMILES string of the molecule is Cc1cc(C(=O)Nc2cccc(S(=O)(=O)N3CCCC3)c2)c2c(C)nn(C)c2n1. The number of carbonyl (C=O) groups is 1. The first-order valence-electron chi connectivity index (χ1n) is 9.50. The molecule has 1 aromatic carbocycles. The number of pyridine rings is 1. The van der Waals surface area contributed by atoms with Gasteiger partial charge >= 0.3 is 0 Å². The highest BCUT2D eigenvalue weighted by molar-refractivity contribution is 7.89. The number of nitrogens with one attached hydrogen (secondary N) is 1. The molecule has 29 heavy (non-hydrogen) atoms. The lowest BCUT2D eigenvalue weighted by molar-refractivity contribution is 0.102. The van der Waals surface area contributed by atoms with Crippen LogP contribution >= 0.6 is 0 Å². The van der Waals surface area contributed by atoms with Crippen LogP contribution in [0.4, 0.5) is 5.69 Å². The number of benzene rings is 1. The Labute approximate surface area is 169 Å². The maximum atomic E-state index is 13.0. The highest BCUT2D eigenvalue weighted by Gasteiger charge is 2.27. The predicted octanol–water partition coefficient (Wildman–Crippen LogP) is 2.62. The van der Waals surface area contributed by atoms with E-state index in [9.17, 15) is 13.2 Å². The zero-order valence-electron chi connectivity index (χ0n) is 16.6. The van der Waals surface area contributed by atoms with Gasteiger partial charge in [0.15, 0.2) is 5.65 Å². The van der Waals surface area contributed by atoms with E-state index in [1.165, 1.54) is 10.4 Å². The molecule has 1 aliphatic rings. The maximum Gasteiger partial charge on any atom is 0.256 e. The number of aryl methyl sites for hydroxylation is 3. The lowest BCUT2D eigenvalue weighted by Gasteiger charge is -2.16. The molecule has 1 amide bonds. The van der Waals surface area contributed by atoms with Crippen molar-refractivity contribution >= 4 is 32.7 Å². The Bertz CT molecular complexity index is 1210. The van der Waals surface area contributed by atoms with Crippen LogP contribution in [-0.2, 0) is 17.1 Å².